The van der Waals surface area contributed by atoms with Gasteiger partial charge in [0, 0.05) is 18.2 Å². The lowest BCUT2D eigenvalue weighted by Crippen LogP contribution is -2.38. The van der Waals surface area contributed by atoms with E-state index in [4.69, 9.17) is 0 Å². The van der Waals surface area contributed by atoms with Crippen LogP contribution < -0.4 is 5.32 Å². The van der Waals surface area contributed by atoms with Crippen LogP contribution in [0.3, 0.4) is 0 Å². The highest BCUT2D eigenvalue weighted by Crippen LogP contribution is 2.19. The summed E-state index contributed by atoms with van der Waals surface area (Å²) < 4.78 is 0. The van der Waals surface area contributed by atoms with Crippen molar-refractivity contribution in [1.82, 2.24) is 15.2 Å². The number of carbonyl (C=O) groups is 1. The van der Waals surface area contributed by atoms with E-state index in [0.29, 0.717) is 11.6 Å². The molecule has 0 saturated carbocycles. The molecule has 1 amide bonds. The molecule has 1 fully saturated rings. The second-order valence-electron chi connectivity index (χ2n) is 7.54. The number of amides is 1. The zero-order valence-electron chi connectivity index (χ0n) is 16.6. The predicted octanol–water partition coefficient (Wildman–Crippen LogP) is 4.44. The molecule has 4 heteroatoms. The number of aryl methyl sites for hydroxylation is 1. The summed E-state index contributed by atoms with van der Waals surface area (Å²) in [6, 6.07) is 14.6. The highest BCUT2D eigenvalue weighted by Gasteiger charge is 2.17. The number of benzene rings is 1. The Labute approximate surface area is 163 Å². The van der Waals surface area contributed by atoms with Gasteiger partial charge in [-0.25, -0.2) is 0 Å². The smallest absolute Gasteiger partial charge is 0.253 e. The Kier molecular flexibility index (Phi) is 6.99. The summed E-state index contributed by atoms with van der Waals surface area (Å²) in [5.74, 6) is -0.0223. The number of unbranched alkanes of at least 4 members (excludes halogenated alkanes) is 1. The summed E-state index contributed by atoms with van der Waals surface area (Å²) in [4.78, 5) is 19.7. The van der Waals surface area contributed by atoms with Crippen molar-refractivity contribution >= 4 is 5.91 Å². The SMILES string of the molecule is Cc1nc(-c2ccccc2)ccc1C(=O)NCCCCN1CCCCC1C. The van der Waals surface area contributed by atoms with Crippen LogP contribution in [-0.4, -0.2) is 41.5 Å². The van der Waals surface area contributed by atoms with Crippen molar-refractivity contribution in [3.63, 3.8) is 0 Å². The van der Waals surface area contributed by atoms with E-state index in [0.717, 1.165) is 42.9 Å². The van der Waals surface area contributed by atoms with Crippen molar-refractivity contribution in [2.45, 2.75) is 52.0 Å². The molecule has 1 atom stereocenters. The standard InChI is InChI=1S/C23H31N3O/c1-18-10-6-8-16-26(18)17-9-7-15-24-23(27)21-13-14-22(25-19(21)2)20-11-4-3-5-12-20/h3-5,11-14,18H,6-10,15-17H2,1-2H3,(H,24,27). The van der Waals surface area contributed by atoms with Gasteiger partial charge in [0.05, 0.1) is 17.0 Å². The van der Waals surface area contributed by atoms with E-state index in [9.17, 15) is 4.79 Å². The zero-order chi connectivity index (χ0) is 19.1. The maximum absolute atomic E-state index is 12.5. The molecule has 1 aromatic heterocycles. The molecular weight excluding hydrogens is 334 g/mol. The van der Waals surface area contributed by atoms with Gasteiger partial charge < -0.3 is 10.2 Å². The number of likely N-dealkylation sites (tertiary alicyclic amines) is 1. The Balaban J connectivity index is 1.45. The van der Waals surface area contributed by atoms with Crippen LogP contribution in [0.2, 0.25) is 0 Å². The summed E-state index contributed by atoms with van der Waals surface area (Å²) in [5, 5.41) is 3.05. The van der Waals surface area contributed by atoms with E-state index < -0.39 is 0 Å². The summed E-state index contributed by atoms with van der Waals surface area (Å²) in [7, 11) is 0. The third-order valence-electron chi connectivity index (χ3n) is 5.50. The molecule has 1 N–H and O–H groups in total. The van der Waals surface area contributed by atoms with E-state index in [-0.39, 0.29) is 5.91 Å². The molecule has 1 aromatic carbocycles. The minimum absolute atomic E-state index is 0.0223. The van der Waals surface area contributed by atoms with Crippen LogP contribution in [0.15, 0.2) is 42.5 Å². The first-order chi connectivity index (χ1) is 13.1. The van der Waals surface area contributed by atoms with Gasteiger partial charge in [-0.1, -0.05) is 36.8 Å². The molecule has 1 aliphatic heterocycles. The van der Waals surface area contributed by atoms with Gasteiger partial charge in [-0.2, -0.15) is 0 Å². The summed E-state index contributed by atoms with van der Waals surface area (Å²) in [6.45, 7) is 7.32. The molecule has 1 saturated heterocycles. The average molecular weight is 366 g/mol. The van der Waals surface area contributed by atoms with Crippen molar-refractivity contribution in [3.8, 4) is 11.3 Å². The highest BCUT2D eigenvalue weighted by atomic mass is 16.1. The second-order valence-corrected chi connectivity index (χ2v) is 7.54. The molecule has 3 rings (SSSR count). The highest BCUT2D eigenvalue weighted by molar-refractivity contribution is 5.95. The monoisotopic (exact) mass is 365 g/mol. The largest absolute Gasteiger partial charge is 0.352 e. The number of hydrogen-bond acceptors (Lipinski definition) is 3. The van der Waals surface area contributed by atoms with Crippen molar-refractivity contribution < 1.29 is 4.79 Å². The van der Waals surface area contributed by atoms with Crippen molar-refractivity contribution in [2.24, 2.45) is 0 Å². The Morgan fingerprint density at radius 2 is 1.96 bits per heavy atom. The molecule has 0 radical (unpaired) electrons. The Morgan fingerprint density at radius 3 is 2.70 bits per heavy atom. The lowest BCUT2D eigenvalue weighted by molar-refractivity contribution is 0.0950. The molecule has 0 aliphatic carbocycles. The van der Waals surface area contributed by atoms with Gasteiger partial charge >= 0.3 is 0 Å². The maximum atomic E-state index is 12.5. The quantitative estimate of drug-likeness (QED) is 0.738. The van der Waals surface area contributed by atoms with Gasteiger partial charge in [-0.05, 0) is 64.8 Å². The molecule has 2 heterocycles. The lowest BCUT2D eigenvalue weighted by atomic mass is 10.0. The summed E-state index contributed by atoms with van der Waals surface area (Å²) in [5.41, 5.74) is 3.41. The molecule has 4 nitrogen and oxygen atoms in total. The topological polar surface area (TPSA) is 45.2 Å². The van der Waals surface area contributed by atoms with Crippen LogP contribution in [0.25, 0.3) is 11.3 Å². The molecule has 1 aliphatic rings. The fourth-order valence-electron chi connectivity index (χ4n) is 3.80. The lowest BCUT2D eigenvalue weighted by Gasteiger charge is -2.33. The minimum Gasteiger partial charge on any atom is -0.352 e. The summed E-state index contributed by atoms with van der Waals surface area (Å²) in [6.07, 6.45) is 6.16. The van der Waals surface area contributed by atoms with Gasteiger partial charge in [0.15, 0.2) is 0 Å². The van der Waals surface area contributed by atoms with Crippen LogP contribution >= 0.6 is 0 Å². The molecule has 0 bridgehead atoms. The van der Waals surface area contributed by atoms with Gasteiger partial charge in [-0.15, -0.1) is 0 Å². The molecule has 0 spiro atoms. The van der Waals surface area contributed by atoms with E-state index in [1.807, 2.05) is 49.4 Å². The first kappa shape index (κ1) is 19.6. The van der Waals surface area contributed by atoms with Crippen LogP contribution in [0.5, 0.6) is 0 Å². The molecule has 2 aromatic rings. The van der Waals surface area contributed by atoms with Gasteiger partial charge in [-0.3, -0.25) is 9.78 Å². The Bertz CT molecular complexity index is 745. The number of pyridine rings is 1. The second kappa shape index (κ2) is 9.65. The number of nitrogens with zero attached hydrogens (tertiary/aromatic N) is 2. The number of aromatic nitrogens is 1. The van der Waals surface area contributed by atoms with E-state index in [2.05, 4.69) is 22.1 Å². The summed E-state index contributed by atoms with van der Waals surface area (Å²) >= 11 is 0. The number of piperidine rings is 1. The zero-order valence-corrected chi connectivity index (χ0v) is 16.6. The van der Waals surface area contributed by atoms with Gasteiger partial charge in [0.25, 0.3) is 5.91 Å². The first-order valence-corrected chi connectivity index (χ1v) is 10.2. The van der Waals surface area contributed by atoms with E-state index in [1.165, 1.54) is 25.8 Å². The number of hydrogen-bond donors (Lipinski definition) is 1. The maximum Gasteiger partial charge on any atom is 0.253 e. The third-order valence-corrected chi connectivity index (χ3v) is 5.50. The average Bonchev–Trinajstić information content (AvgIpc) is 2.69. The minimum atomic E-state index is -0.0223. The molecule has 1 unspecified atom stereocenters. The van der Waals surface area contributed by atoms with E-state index >= 15 is 0 Å². The molecule has 27 heavy (non-hydrogen) atoms. The van der Waals surface area contributed by atoms with Crippen LogP contribution in [0.4, 0.5) is 0 Å². The fourth-order valence-corrected chi connectivity index (χ4v) is 3.80. The Hall–Kier alpha value is -2.20. The number of carbonyl (C=O) groups excluding carboxylic acids is 1. The molecular formula is C23H31N3O. The van der Waals surface area contributed by atoms with Gasteiger partial charge in [0.2, 0.25) is 0 Å². The normalized spacial score (nSPS) is 17.6. The fraction of sp³-hybridized carbons (Fsp3) is 0.478. The van der Waals surface area contributed by atoms with Crippen molar-refractivity contribution in [2.75, 3.05) is 19.6 Å². The van der Waals surface area contributed by atoms with E-state index in [1.54, 1.807) is 0 Å². The first-order valence-electron chi connectivity index (χ1n) is 10.2. The van der Waals surface area contributed by atoms with Crippen molar-refractivity contribution in [3.05, 3.63) is 53.7 Å². The van der Waals surface area contributed by atoms with Crippen LogP contribution in [0, 0.1) is 6.92 Å². The number of rotatable bonds is 7. The number of nitrogens with one attached hydrogen (secondary N) is 1. The Morgan fingerprint density at radius 1 is 1.15 bits per heavy atom. The van der Waals surface area contributed by atoms with Crippen LogP contribution in [0.1, 0.15) is 55.1 Å². The van der Waals surface area contributed by atoms with Gasteiger partial charge in [0.1, 0.15) is 0 Å². The third kappa shape index (κ3) is 5.39. The molecule has 144 valence electrons. The van der Waals surface area contributed by atoms with Crippen LogP contribution in [-0.2, 0) is 0 Å². The van der Waals surface area contributed by atoms with Crippen molar-refractivity contribution in [1.29, 1.82) is 0 Å². The predicted molar refractivity (Wildman–Crippen MR) is 111 cm³/mol.